The third-order valence-electron chi connectivity index (χ3n) is 4.66. The van der Waals surface area contributed by atoms with Crippen LogP contribution in [0.5, 0.6) is 5.75 Å². The van der Waals surface area contributed by atoms with Gasteiger partial charge in [0.1, 0.15) is 5.82 Å². The topological polar surface area (TPSA) is 42.3 Å². The number of fused-ring (bicyclic) bond motifs is 1. The Morgan fingerprint density at radius 3 is 2.84 bits per heavy atom. The number of rotatable bonds is 5. The second-order valence-corrected chi connectivity index (χ2v) is 7.09. The molecule has 0 fully saturated rings. The first-order valence-electron chi connectivity index (χ1n) is 8.77. The highest BCUT2D eigenvalue weighted by Crippen LogP contribution is 2.35. The van der Waals surface area contributed by atoms with Crippen LogP contribution in [-0.2, 0) is 13.6 Å². The SMILES string of the molecule is CC(C)c1nn(C)c(N(C)C)c1CN[C@@H]1CCOc2c(F)cccc21. The van der Waals surface area contributed by atoms with E-state index in [0.717, 1.165) is 23.5 Å². The molecule has 6 heteroatoms. The van der Waals surface area contributed by atoms with E-state index in [1.807, 2.05) is 31.9 Å². The molecule has 136 valence electrons. The first kappa shape index (κ1) is 17.7. The third-order valence-corrected chi connectivity index (χ3v) is 4.66. The van der Waals surface area contributed by atoms with Gasteiger partial charge in [0.2, 0.25) is 0 Å². The number of hydrogen-bond acceptors (Lipinski definition) is 4. The number of halogens is 1. The van der Waals surface area contributed by atoms with E-state index >= 15 is 0 Å². The fraction of sp³-hybridized carbons (Fsp3) is 0.526. The van der Waals surface area contributed by atoms with E-state index in [-0.39, 0.29) is 11.9 Å². The van der Waals surface area contributed by atoms with Crippen LogP contribution in [0.4, 0.5) is 10.2 Å². The predicted octanol–water partition coefficient (Wildman–Crippen LogP) is 3.36. The van der Waals surface area contributed by atoms with Crippen LogP contribution in [-0.4, -0.2) is 30.5 Å². The molecule has 0 bridgehead atoms. The number of benzene rings is 1. The molecular weight excluding hydrogens is 319 g/mol. The van der Waals surface area contributed by atoms with Gasteiger partial charge in [0.15, 0.2) is 11.6 Å². The fourth-order valence-electron chi connectivity index (χ4n) is 3.60. The normalized spacial score (nSPS) is 16.7. The van der Waals surface area contributed by atoms with Crippen molar-refractivity contribution in [1.82, 2.24) is 15.1 Å². The largest absolute Gasteiger partial charge is 0.490 e. The van der Waals surface area contributed by atoms with Gasteiger partial charge >= 0.3 is 0 Å². The van der Waals surface area contributed by atoms with Crippen LogP contribution in [0.1, 0.15) is 49.0 Å². The molecule has 0 aliphatic carbocycles. The lowest BCUT2D eigenvalue weighted by atomic mass is 9.99. The summed E-state index contributed by atoms with van der Waals surface area (Å²) < 4.78 is 21.4. The van der Waals surface area contributed by atoms with Gasteiger partial charge in [-0.2, -0.15) is 5.10 Å². The van der Waals surface area contributed by atoms with E-state index in [0.29, 0.717) is 24.8 Å². The van der Waals surface area contributed by atoms with Crippen LogP contribution in [0.25, 0.3) is 0 Å². The molecule has 2 aromatic rings. The Labute approximate surface area is 148 Å². The summed E-state index contributed by atoms with van der Waals surface area (Å²) in [6.45, 7) is 5.53. The van der Waals surface area contributed by atoms with E-state index < -0.39 is 0 Å². The summed E-state index contributed by atoms with van der Waals surface area (Å²) >= 11 is 0. The van der Waals surface area contributed by atoms with Crippen molar-refractivity contribution in [2.75, 3.05) is 25.6 Å². The minimum atomic E-state index is -0.290. The monoisotopic (exact) mass is 346 g/mol. The Morgan fingerprint density at radius 2 is 2.16 bits per heavy atom. The zero-order valence-electron chi connectivity index (χ0n) is 15.6. The maximum atomic E-state index is 14.0. The van der Waals surface area contributed by atoms with E-state index in [1.54, 1.807) is 6.07 Å². The van der Waals surface area contributed by atoms with Crippen molar-refractivity contribution in [3.05, 3.63) is 40.8 Å². The molecule has 1 atom stereocenters. The van der Waals surface area contributed by atoms with Crippen molar-refractivity contribution >= 4 is 5.82 Å². The smallest absolute Gasteiger partial charge is 0.165 e. The minimum Gasteiger partial charge on any atom is -0.490 e. The van der Waals surface area contributed by atoms with Crippen molar-refractivity contribution < 1.29 is 9.13 Å². The predicted molar refractivity (Wildman–Crippen MR) is 97.7 cm³/mol. The molecule has 25 heavy (non-hydrogen) atoms. The Morgan fingerprint density at radius 1 is 1.40 bits per heavy atom. The first-order valence-corrected chi connectivity index (χ1v) is 8.77. The van der Waals surface area contributed by atoms with Crippen LogP contribution < -0.4 is 15.0 Å². The molecular formula is C19H27FN4O. The average molecular weight is 346 g/mol. The maximum Gasteiger partial charge on any atom is 0.165 e. The minimum absolute atomic E-state index is 0.0784. The van der Waals surface area contributed by atoms with Crippen molar-refractivity contribution in [2.24, 2.45) is 7.05 Å². The molecule has 1 aliphatic rings. The molecule has 1 aliphatic heterocycles. The van der Waals surface area contributed by atoms with Crippen LogP contribution in [0.2, 0.25) is 0 Å². The maximum absolute atomic E-state index is 14.0. The molecule has 0 saturated carbocycles. The highest BCUT2D eigenvalue weighted by atomic mass is 19.1. The average Bonchev–Trinajstić information content (AvgIpc) is 2.90. The Bertz CT molecular complexity index is 754. The molecule has 0 unspecified atom stereocenters. The first-order chi connectivity index (χ1) is 11.9. The molecule has 2 heterocycles. The summed E-state index contributed by atoms with van der Waals surface area (Å²) in [7, 11) is 6.04. The van der Waals surface area contributed by atoms with Gasteiger partial charge < -0.3 is 15.0 Å². The van der Waals surface area contributed by atoms with Gasteiger partial charge in [0.25, 0.3) is 0 Å². The quantitative estimate of drug-likeness (QED) is 0.901. The molecule has 1 aromatic carbocycles. The van der Waals surface area contributed by atoms with Crippen LogP contribution in [0.15, 0.2) is 18.2 Å². The van der Waals surface area contributed by atoms with E-state index in [2.05, 4.69) is 24.1 Å². The lowest BCUT2D eigenvalue weighted by Crippen LogP contribution is -2.28. The number of para-hydroxylation sites is 1. The number of aryl methyl sites for hydroxylation is 1. The van der Waals surface area contributed by atoms with E-state index in [1.165, 1.54) is 11.6 Å². The summed E-state index contributed by atoms with van der Waals surface area (Å²) in [5.41, 5.74) is 3.20. The van der Waals surface area contributed by atoms with Gasteiger partial charge in [-0.05, 0) is 12.0 Å². The van der Waals surface area contributed by atoms with Gasteiger partial charge in [-0.3, -0.25) is 4.68 Å². The van der Waals surface area contributed by atoms with Crippen molar-refractivity contribution in [2.45, 2.75) is 38.8 Å². The van der Waals surface area contributed by atoms with Gasteiger partial charge in [0.05, 0.1) is 12.3 Å². The van der Waals surface area contributed by atoms with Crippen LogP contribution in [0, 0.1) is 5.82 Å². The molecule has 0 amide bonds. The van der Waals surface area contributed by atoms with E-state index in [4.69, 9.17) is 9.84 Å². The zero-order valence-corrected chi connectivity index (χ0v) is 15.6. The van der Waals surface area contributed by atoms with Gasteiger partial charge in [-0.1, -0.05) is 26.0 Å². The standard InChI is InChI=1S/C19H27FN4O/c1-12(2)17-14(19(23(3)4)24(5)22-17)11-21-16-9-10-25-18-13(16)7-6-8-15(18)20/h6-8,12,16,21H,9-11H2,1-5H3/t16-/m1/s1. The molecule has 0 saturated heterocycles. The van der Waals surface area contributed by atoms with E-state index in [9.17, 15) is 4.39 Å². The summed E-state index contributed by atoms with van der Waals surface area (Å²) in [4.78, 5) is 2.09. The lowest BCUT2D eigenvalue weighted by molar-refractivity contribution is 0.240. The fourth-order valence-corrected chi connectivity index (χ4v) is 3.60. The molecule has 0 radical (unpaired) electrons. The highest BCUT2D eigenvalue weighted by Gasteiger charge is 2.26. The number of nitrogens with zero attached hydrogens (tertiary/aromatic N) is 3. The van der Waals surface area contributed by atoms with Crippen molar-refractivity contribution in [3.63, 3.8) is 0 Å². The van der Waals surface area contributed by atoms with Crippen LogP contribution >= 0.6 is 0 Å². The number of ether oxygens (including phenoxy) is 1. The van der Waals surface area contributed by atoms with Gasteiger partial charge in [0, 0.05) is 51.3 Å². The molecule has 3 rings (SSSR count). The number of hydrogen-bond donors (Lipinski definition) is 1. The number of anilines is 1. The Balaban J connectivity index is 1.87. The zero-order chi connectivity index (χ0) is 18.1. The molecule has 5 nitrogen and oxygen atoms in total. The third kappa shape index (κ3) is 3.35. The summed E-state index contributed by atoms with van der Waals surface area (Å²) in [5, 5.41) is 8.30. The number of aromatic nitrogens is 2. The Kier molecular flexibility index (Phi) is 4.99. The highest BCUT2D eigenvalue weighted by molar-refractivity contribution is 5.50. The van der Waals surface area contributed by atoms with Crippen molar-refractivity contribution in [3.8, 4) is 5.75 Å². The summed E-state index contributed by atoms with van der Waals surface area (Å²) in [5.74, 6) is 1.54. The summed E-state index contributed by atoms with van der Waals surface area (Å²) in [6, 6.07) is 5.21. The second kappa shape index (κ2) is 7.04. The molecule has 1 aromatic heterocycles. The summed E-state index contributed by atoms with van der Waals surface area (Å²) in [6.07, 6.45) is 0.824. The van der Waals surface area contributed by atoms with Gasteiger partial charge in [-0.25, -0.2) is 4.39 Å². The van der Waals surface area contributed by atoms with Crippen LogP contribution in [0.3, 0.4) is 0 Å². The van der Waals surface area contributed by atoms with Crippen molar-refractivity contribution in [1.29, 1.82) is 0 Å². The van der Waals surface area contributed by atoms with Gasteiger partial charge in [-0.15, -0.1) is 0 Å². The molecule has 0 spiro atoms. The Hall–Kier alpha value is -2.08. The molecule has 1 N–H and O–H groups in total. The number of nitrogens with one attached hydrogen (secondary N) is 1. The lowest BCUT2D eigenvalue weighted by Gasteiger charge is -2.27. The second-order valence-electron chi connectivity index (χ2n) is 7.09.